The van der Waals surface area contributed by atoms with Crippen LogP contribution in [0, 0.1) is 0 Å². The summed E-state index contributed by atoms with van der Waals surface area (Å²) in [5.74, 6) is -1.31. The quantitative estimate of drug-likeness (QED) is 0.409. The average Bonchev–Trinajstić information content (AvgIpc) is 2.52. The zero-order chi connectivity index (χ0) is 16.3. The maximum Gasteiger partial charge on any atom is 0.356 e. The van der Waals surface area contributed by atoms with Gasteiger partial charge in [0.15, 0.2) is 5.69 Å². The third-order valence-electron chi connectivity index (χ3n) is 3.22. The van der Waals surface area contributed by atoms with Crippen LogP contribution in [0.1, 0.15) is 16.2 Å². The van der Waals surface area contributed by atoms with Crippen molar-refractivity contribution in [1.29, 1.82) is 0 Å². The molecule has 0 aliphatic rings. The number of hydrogen-bond donors (Lipinski definition) is 5. The first-order chi connectivity index (χ1) is 10.4. The second-order valence-electron chi connectivity index (χ2n) is 4.82. The summed E-state index contributed by atoms with van der Waals surface area (Å²) in [4.78, 5) is 19.4. The van der Waals surface area contributed by atoms with Crippen LogP contribution in [0.25, 0.3) is 11.0 Å². The predicted molar refractivity (Wildman–Crippen MR) is 78.9 cm³/mol. The molecule has 3 atom stereocenters. The van der Waals surface area contributed by atoms with Gasteiger partial charge < -0.3 is 31.0 Å². The third kappa shape index (κ3) is 4.18. The summed E-state index contributed by atoms with van der Waals surface area (Å²) in [6.07, 6.45) is -4.97. The van der Waals surface area contributed by atoms with Gasteiger partial charge in [0.05, 0.1) is 29.4 Å². The Hall–Kier alpha value is -2.17. The van der Waals surface area contributed by atoms with Crippen LogP contribution in [0.15, 0.2) is 24.3 Å². The number of aromatic carboxylic acids is 1. The van der Waals surface area contributed by atoms with Gasteiger partial charge in [-0.3, -0.25) is 0 Å². The van der Waals surface area contributed by atoms with Crippen molar-refractivity contribution in [3.8, 4) is 0 Å². The molecule has 0 radical (unpaired) electrons. The van der Waals surface area contributed by atoms with Gasteiger partial charge in [-0.2, -0.15) is 0 Å². The summed E-state index contributed by atoms with van der Waals surface area (Å²) in [6, 6.07) is 6.66. The average molecular weight is 326 g/mol. The highest BCUT2D eigenvalue weighted by Crippen LogP contribution is 2.16. The zero-order valence-electron chi connectivity index (χ0n) is 12.0. The van der Waals surface area contributed by atoms with Crippen molar-refractivity contribution in [2.24, 2.45) is 0 Å². The molecule has 0 saturated carbocycles. The lowest BCUT2D eigenvalue weighted by molar-refractivity contribution is -0.0758. The number of carbonyl (C=O) groups is 1. The highest BCUT2D eigenvalue weighted by Gasteiger charge is 2.27. The molecule has 23 heavy (non-hydrogen) atoms. The van der Waals surface area contributed by atoms with Crippen LogP contribution in [0.3, 0.4) is 0 Å². The highest BCUT2D eigenvalue weighted by molar-refractivity contribution is 5.89. The summed E-state index contributed by atoms with van der Waals surface area (Å²) in [5.41, 5.74) is 0.507. The Bertz CT molecular complexity index is 679. The van der Waals surface area contributed by atoms with E-state index in [-0.39, 0.29) is 23.3 Å². The van der Waals surface area contributed by atoms with Crippen LogP contribution in [-0.4, -0.2) is 71.9 Å². The Morgan fingerprint density at radius 1 is 1.04 bits per heavy atom. The van der Waals surface area contributed by atoms with E-state index in [2.05, 4.69) is 9.97 Å². The number of aliphatic hydroxyl groups excluding tert-OH is 4. The maximum absolute atomic E-state index is 11.3. The molecule has 0 aliphatic heterocycles. The second kappa shape index (κ2) is 7.90. The maximum atomic E-state index is 11.3. The summed E-state index contributed by atoms with van der Waals surface area (Å²) in [6.45, 7) is -0.729. The summed E-state index contributed by atoms with van der Waals surface area (Å²) in [7, 11) is 0. The zero-order valence-corrected chi connectivity index (χ0v) is 12.0. The van der Waals surface area contributed by atoms with E-state index in [1.165, 1.54) is 0 Å². The van der Waals surface area contributed by atoms with Crippen molar-refractivity contribution in [1.82, 2.24) is 9.97 Å². The number of carboxylic acids is 1. The third-order valence-corrected chi connectivity index (χ3v) is 3.22. The van der Waals surface area contributed by atoms with Gasteiger partial charge in [0.1, 0.15) is 12.2 Å². The van der Waals surface area contributed by atoms with E-state index in [9.17, 15) is 25.2 Å². The lowest BCUT2D eigenvalue weighted by Crippen LogP contribution is -2.41. The molecule has 9 heteroatoms. The molecule has 0 fully saturated rings. The standard InChI is InChI=1S/C14H16N2O6.H2O/c17-6-11(19)13(20)10(18)5-9-12(14(21)22)16-8-4-2-1-3-7(8)15-9;/h1-4,10-11,13,17-20H,5-6H2,(H,21,22);1H2/t10-,11+,13-;/m0./s1. The smallest absolute Gasteiger partial charge is 0.356 e. The number of nitrogens with zero attached hydrogens (tertiary/aromatic N) is 2. The Morgan fingerprint density at radius 3 is 2.13 bits per heavy atom. The Morgan fingerprint density at radius 2 is 1.61 bits per heavy atom. The molecule has 126 valence electrons. The highest BCUT2D eigenvalue weighted by atomic mass is 16.4. The SMILES string of the molecule is O.O=C(O)c1nc2ccccc2nc1C[C@H](O)[C@H](O)[C@H](O)CO. The van der Waals surface area contributed by atoms with E-state index in [4.69, 9.17) is 5.11 Å². The molecule has 0 unspecified atom stereocenters. The number of aromatic nitrogens is 2. The van der Waals surface area contributed by atoms with Gasteiger partial charge in [-0.15, -0.1) is 0 Å². The van der Waals surface area contributed by atoms with Crippen LogP contribution < -0.4 is 0 Å². The Labute approximate surface area is 130 Å². The lowest BCUT2D eigenvalue weighted by Gasteiger charge is -2.21. The molecular weight excluding hydrogens is 308 g/mol. The Kier molecular flexibility index (Phi) is 6.49. The minimum absolute atomic E-state index is 0. The van der Waals surface area contributed by atoms with Crippen molar-refractivity contribution in [2.45, 2.75) is 24.7 Å². The topological polar surface area (TPSA) is 175 Å². The molecule has 2 aromatic rings. The number of para-hydroxylation sites is 2. The van der Waals surface area contributed by atoms with E-state index < -0.39 is 30.9 Å². The molecule has 2 rings (SSSR count). The first kappa shape index (κ1) is 18.9. The number of fused-ring (bicyclic) bond motifs is 1. The minimum Gasteiger partial charge on any atom is -0.476 e. The van der Waals surface area contributed by atoms with Gasteiger partial charge in [0, 0.05) is 6.42 Å². The fourth-order valence-electron chi connectivity index (χ4n) is 2.03. The minimum atomic E-state index is -1.63. The van der Waals surface area contributed by atoms with E-state index in [1.54, 1.807) is 24.3 Å². The van der Waals surface area contributed by atoms with Crippen molar-refractivity contribution >= 4 is 17.0 Å². The second-order valence-corrected chi connectivity index (χ2v) is 4.82. The van der Waals surface area contributed by atoms with Crippen LogP contribution in [-0.2, 0) is 6.42 Å². The van der Waals surface area contributed by atoms with Gasteiger partial charge in [-0.25, -0.2) is 14.8 Å². The summed E-state index contributed by atoms with van der Waals surface area (Å²) < 4.78 is 0. The molecule has 9 nitrogen and oxygen atoms in total. The largest absolute Gasteiger partial charge is 0.476 e. The molecule has 7 N–H and O–H groups in total. The molecule has 0 amide bonds. The summed E-state index contributed by atoms with van der Waals surface area (Å²) in [5, 5.41) is 46.8. The molecule has 1 heterocycles. The Balaban J connectivity index is 0.00000264. The monoisotopic (exact) mass is 326 g/mol. The molecule has 0 bridgehead atoms. The van der Waals surface area contributed by atoms with Gasteiger partial charge in [-0.05, 0) is 12.1 Å². The summed E-state index contributed by atoms with van der Waals surface area (Å²) >= 11 is 0. The van der Waals surface area contributed by atoms with Crippen LogP contribution in [0.2, 0.25) is 0 Å². The van der Waals surface area contributed by atoms with Crippen molar-refractivity contribution in [3.63, 3.8) is 0 Å². The van der Waals surface area contributed by atoms with Crippen LogP contribution >= 0.6 is 0 Å². The number of aliphatic hydroxyl groups is 4. The van der Waals surface area contributed by atoms with Crippen molar-refractivity contribution in [2.75, 3.05) is 6.61 Å². The van der Waals surface area contributed by atoms with Gasteiger partial charge in [0.25, 0.3) is 0 Å². The first-order valence-electron chi connectivity index (χ1n) is 6.58. The van der Waals surface area contributed by atoms with E-state index in [0.29, 0.717) is 11.0 Å². The van der Waals surface area contributed by atoms with E-state index in [1.807, 2.05) is 0 Å². The molecule has 0 saturated heterocycles. The molecular formula is C14H18N2O7. The van der Waals surface area contributed by atoms with Gasteiger partial charge in [-0.1, -0.05) is 12.1 Å². The number of benzene rings is 1. The molecule has 0 spiro atoms. The fourth-order valence-corrected chi connectivity index (χ4v) is 2.03. The fraction of sp³-hybridized carbons (Fsp3) is 0.357. The molecule has 1 aromatic heterocycles. The van der Waals surface area contributed by atoms with Crippen LogP contribution in [0.5, 0.6) is 0 Å². The van der Waals surface area contributed by atoms with Crippen molar-refractivity contribution in [3.05, 3.63) is 35.7 Å². The first-order valence-corrected chi connectivity index (χ1v) is 6.58. The molecule has 0 aliphatic carbocycles. The molecule has 1 aromatic carbocycles. The predicted octanol–water partition coefficient (Wildman–Crippen LogP) is -1.88. The normalized spacial score (nSPS) is 14.8. The van der Waals surface area contributed by atoms with Gasteiger partial charge in [0.2, 0.25) is 0 Å². The van der Waals surface area contributed by atoms with Crippen molar-refractivity contribution < 1.29 is 35.8 Å². The van der Waals surface area contributed by atoms with E-state index in [0.717, 1.165) is 0 Å². The number of carboxylic acid groups (broad SMARTS) is 1. The van der Waals surface area contributed by atoms with Gasteiger partial charge >= 0.3 is 5.97 Å². The lowest BCUT2D eigenvalue weighted by atomic mass is 10.0. The number of hydrogen-bond acceptors (Lipinski definition) is 7. The van der Waals surface area contributed by atoms with E-state index >= 15 is 0 Å². The van der Waals surface area contributed by atoms with Crippen LogP contribution in [0.4, 0.5) is 0 Å². The number of rotatable bonds is 6.